The number of rotatable bonds is 4. The van der Waals surface area contributed by atoms with Gasteiger partial charge in [-0.05, 0) is 55.8 Å². The number of nitrogens with one attached hydrogen (secondary N) is 1. The first-order valence-corrected chi connectivity index (χ1v) is 8.13. The average Bonchev–Trinajstić information content (AvgIpc) is 3.01. The van der Waals surface area contributed by atoms with E-state index in [4.69, 9.17) is 0 Å². The van der Waals surface area contributed by atoms with Crippen LogP contribution in [0.15, 0.2) is 24.3 Å². The zero-order valence-electron chi connectivity index (χ0n) is 13.2. The van der Waals surface area contributed by atoms with Crippen molar-refractivity contribution in [1.29, 1.82) is 0 Å². The van der Waals surface area contributed by atoms with Crippen LogP contribution in [0.4, 0.5) is 0 Å². The first-order valence-electron chi connectivity index (χ1n) is 8.13. The molecule has 1 N–H and O–H groups in total. The van der Waals surface area contributed by atoms with Gasteiger partial charge in [0.1, 0.15) is 0 Å². The van der Waals surface area contributed by atoms with E-state index >= 15 is 0 Å². The van der Waals surface area contributed by atoms with Crippen LogP contribution in [-0.2, 0) is 6.42 Å². The lowest BCUT2D eigenvalue weighted by molar-refractivity contribution is 0.214. The highest BCUT2D eigenvalue weighted by Gasteiger charge is 2.38. The molecule has 2 aliphatic rings. The van der Waals surface area contributed by atoms with Gasteiger partial charge in [-0.25, -0.2) is 0 Å². The number of fused-ring (bicyclic) bond motifs is 1. The van der Waals surface area contributed by atoms with Gasteiger partial charge in [0.25, 0.3) is 0 Å². The van der Waals surface area contributed by atoms with Gasteiger partial charge in [-0.1, -0.05) is 38.1 Å². The highest BCUT2D eigenvalue weighted by Crippen LogP contribution is 2.44. The monoisotopic (exact) mass is 272 g/mol. The Balaban J connectivity index is 1.67. The van der Waals surface area contributed by atoms with Crippen molar-refractivity contribution in [3.8, 4) is 0 Å². The first kappa shape index (κ1) is 14.1. The maximum Gasteiger partial charge on any atom is 0.0378 e. The molecule has 0 amide bonds. The third-order valence-electron chi connectivity index (χ3n) is 5.18. The molecule has 20 heavy (non-hydrogen) atoms. The van der Waals surface area contributed by atoms with Crippen molar-refractivity contribution in [2.75, 3.05) is 19.6 Å². The largest absolute Gasteiger partial charge is 0.308 e. The van der Waals surface area contributed by atoms with E-state index in [0.29, 0.717) is 17.5 Å². The molecule has 2 atom stereocenters. The van der Waals surface area contributed by atoms with E-state index < -0.39 is 0 Å². The molecule has 0 spiro atoms. The van der Waals surface area contributed by atoms with E-state index in [1.54, 1.807) is 0 Å². The molecule has 1 aliphatic heterocycles. The van der Waals surface area contributed by atoms with Gasteiger partial charge in [-0.15, -0.1) is 0 Å². The van der Waals surface area contributed by atoms with Crippen LogP contribution in [0.25, 0.3) is 0 Å². The Morgan fingerprint density at radius 1 is 1.25 bits per heavy atom. The predicted octanol–water partition coefficient (Wildman–Crippen LogP) is 3.38. The second-order valence-electron chi connectivity index (χ2n) is 7.30. The molecular formula is C18H28N2. The van der Waals surface area contributed by atoms with Gasteiger partial charge in [-0.3, -0.25) is 4.90 Å². The topological polar surface area (TPSA) is 15.3 Å². The summed E-state index contributed by atoms with van der Waals surface area (Å²) in [5.74, 6) is 0. The van der Waals surface area contributed by atoms with Gasteiger partial charge in [0.2, 0.25) is 0 Å². The van der Waals surface area contributed by atoms with Crippen LogP contribution in [0.2, 0.25) is 0 Å². The fourth-order valence-electron chi connectivity index (χ4n) is 3.98. The molecule has 110 valence electrons. The van der Waals surface area contributed by atoms with Crippen LogP contribution < -0.4 is 5.32 Å². The van der Waals surface area contributed by atoms with Gasteiger partial charge in [0.05, 0.1) is 0 Å². The summed E-state index contributed by atoms with van der Waals surface area (Å²) in [6.07, 6.45) is 3.95. The van der Waals surface area contributed by atoms with Crippen LogP contribution in [0, 0.1) is 5.41 Å². The second-order valence-corrected chi connectivity index (χ2v) is 7.30. The van der Waals surface area contributed by atoms with Crippen molar-refractivity contribution in [2.24, 2.45) is 5.41 Å². The Bertz CT molecular complexity index is 460. The maximum absolute atomic E-state index is 3.86. The van der Waals surface area contributed by atoms with Crippen LogP contribution in [0.1, 0.15) is 50.8 Å². The zero-order chi connectivity index (χ0) is 14.2. The standard InChI is InChI=1S/C18H28N2/c1-14(20-10-6-7-11-20)13-19-17-16-9-5-4-8-15(16)12-18(17,2)3/h4-5,8-9,14,17,19H,6-7,10-13H2,1-3H3. The Hall–Kier alpha value is -0.860. The number of benzene rings is 1. The van der Waals surface area contributed by atoms with E-state index in [1.165, 1.54) is 43.5 Å². The molecular weight excluding hydrogens is 244 g/mol. The number of nitrogens with zero attached hydrogens (tertiary/aromatic N) is 1. The molecule has 0 radical (unpaired) electrons. The molecule has 2 unspecified atom stereocenters. The molecule has 1 heterocycles. The summed E-state index contributed by atoms with van der Waals surface area (Å²) in [6.45, 7) is 10.8. The molecule has 0 aromatic heterocycles. The van der Waals surface area contributed by atoms with Crippen molar-refractivity contribution < 1.29 is 0 Å². The lowest BCUT2D eigenvalue weighted by Crippen LogP contribution is -2.42. The maximum atomic E-state index is 3.86. The summed E-state index contributed by atoms with van der Waals surface area (Å²) in [6, 6.07) is 10.1. The van der Waals surface area contributed by atoms with Crippen LogP contribution in [-0.4, -0.2) is 30.6 Å². The molecule has 1 fully saturated rings. The van der Waals surface area contributed by atoms with Crippen molar-refractivity contribution in [3.05, 3.63) is 35.4 Å². The van der Waals surface area contributed by atoms with E-state index in [2.05, 4.69) is 55.3 Å². The quantitative estimate of drug-likeness (QED) is 0.904. The molecule has 0 bridgehead atoms. The Morgan fingerprint density at radius 2 is 1.95 bits per heavy atom. The highest BCUT2D eigenvalue weighted by atomic mass is 15.2. The fourth-order valence-corrected chi connectivity index (χ4v) is 3.98. The predicted molar refractivity (Wildman–Crippen MR) is 84.9 cm³/mol. The van der Waals surface area contributed by atoms with E-state index in [9.17, 15) is 0 Å². The average molecular weight is 272 g/mol. The molecule has 1 saturated heterocycles. The first-order chi connectivity index (χ1) is 9.58. The van der Waals surface area contributed by atoms with Gasteiger partial charge in [0.15, 0.2) is 0 Å². The summed E-state index contributed by atoms with van der Waals surface area (Å²) in [4.78, 5) is 2.63. The molecule has 0 saturated carbocycles. The smallest absolute Gasteiger partial charge is 0.0378 e. The molecule has 2 heteroatoms. The Labute approximate surface area is 123 Å². The Kier molecular flexibility index (Phi) is 3.87. The molecule has 1 aromatic carbocycles. The van der Waals surface area contributed by atoms with Gasteiger partial charge in [0, 0.05) is 18.6 Å². The lowest BCUT2D eigenvalue weighted by Gasteiger charge is -2.32. The number of hydrogen-bond acceptors (Lipinski definition) is 2. The third kappa shape index (κ3) is 2.64. The number of likely N-dealkylation sites (tertiary alicyclic amines) is 1. The lowest BCUT2D eigenvalue weighted by atomic mass is 9.85. The van der Waals surface area contributed by atoms with Gasteiger partial charge in [-0.2, -0.15) is 0 Å². The number of hydrogen-bond donors (Lipinski definition) is 1. The second kappa shape index (κ2) is 5.50. The van der Waals surface area contributed by atoms with E-state index in [1.807, 2.05) is 0 Å². The molecule has 2 nitrogen and oxygen atoms in total. The van der Waals surface area contributed by atoms with E-state index in [0.717, 1.165) is 6.54 Å². The SMILES string of the molecule is CC(CNC1c2ccccc2CC1(C)C)N1CCCC1. The van der Waals surface area contributed by atoms with Crippen LogP contribution >= 0.6 is 0 Å². The minimum Gasteiger partial charge on any atom is -0.308 e. The van der Waals surface area contributed by atoms with Crippen molar-refractivity contribution in [1.82, 2.24) is 10.2 Å². The third-order valence-corrected chi connectivity index (χ3v) is 5.18. The van der Waals surface area contributed by atoms with Gasteiger partial charge >= 0.3 is 0 Å². The fraction of sp³-hybridized carbons (Fsp3) is 0.667. The summed E-state index contributed by atoms with van der Waals surface area (Å²) >= 11 is 0. The summed E-state index contributed by atoms with van der Waals surface area (Å²) < 4.78 is 0. The zero-order valence-corrected chi connectivity index (χ0v) is 13.2. The Morgan fingerprint density at radius 3 is 2.70 bits per heavy atom. The normalized spacial score (nSPS) is 26.6. The van der Waals surface area contributed by atoms with Crippen molar-refractivity contribution in [3.63, 3.8) is 0 Å². The minimum absolute atomic E-state index is 0.328. The summed E-state index contributed by atoms with van der Waals surface area (Å²) in [7, 11) is 0. The van der Waals surface area contributed by atoms with Gasteiger partial charge < -0.3 is 5.32 Å². The summed E-state index contributed by atoms with van der Waals surface area (Å²) in [5.41, 5.74) is 3.38. The van der Waals surface area contributed by atoms with Crippen molar-refractivity contribution >= 4 is 0 Å². The highest BCUT2D eigenvalue weighted by molar-refractivity contribution is 5.37. The summed E-state index contributed by atoms with van der Waals surface area (Å²) in [5, 5.41) is 3.86. The molecule has 1 aromatic rings. The molecule has 3 rings (SSSR count). The molecule has 1 aliphatic carbocycles. The van der Waals surface area contributed by atoms with E-state index in [-0.39, 0.29) is 0 Å². The minimum atomic E-state index is 0.328. The van der Waals surface area contributed by atoms with Crippen LogP contribution in [0.3, 0.4) is 0 Å². The van der Waals surface area contributed by atoms with Crippen LogP contribution in [0.5, 0.6) is 0 Å². The van der Waals surface area contributed by atoms with Crippen molar-refractivity contribution in [2.45, 2.75) is 52.1 Å².